The van der Waals surface area contributed by atoms with Crippen molar-refractivity contribution in [1.29, 1.82) is 0 Å². The first kappa shape index (κ1) is 17.8. The zero-order chi connectivity index (χ0) is 20.8. The number of H-pyrrole nitrogens is 1. The van der Waals surface area contributed by atoms with Crippen molar-refractivity contribution >= 4 is 44.9 Å². The van der Waals surface area contributed by atoms with Crippen LogP contribution in [0, 0.1) is 0 Å². The Hall–Kier alpha value is -3.98. The van der Waals surface area contributed by atoms with Crippen LogP contribution in [0.15, 0.2) is 81.4 Å². The molecule has 150 valence electrons. The second kappa shape index (κ2) is 7.06. The second-order valence-electron chi connectivity index (χ2n) is 6.89. The number of aromatic amines is 1. The Morgan fingerprint density at radius 1 is 1.00 bits per heavy atom. The molecule has 31 heavy (non-hydrogen) atoms. The van der Waals surface area contributed by atoms with Gasteiger partial charge in [-0.2, -0.15) is 5.10 Å². The first-order valence-corrected chi connectivity index (χ1v) is 10.5. The molecule has 0 saturated carbocycles. The van der Waals surface area contributed by atoms with Crippen LogP contribution in [0.1, 0.15) is 5.82 Å². The van der Waals surface area contributed by atoms with E-state index in [1.807, 2.05) is 54.6 Å². The molecule has 0 atom stereocenters. The van der Waals surface area contributed by atoms with Crippen LogP contribution in [-0.2, 0) is 5.75 Å². The summed E-state index contributed by atoms with van der Waals surface area (Å²) in [6, 6.07) is 17.3. The monoisotopic (exact) mass is 426 g/mol. The number of nitrogens with one attached hydrogen (secondary N) is 1. The Kier molecular flexibility index (Phi) is 4.07. The molecule has 0 amide bonds. The average molecular weight is 426 g/mol. The van der Waals surface area contributed by atoms with E-state index in [2.05, 4.69) is 25.0 Å². The number of benzene rings is 2. The first-order valence-electron chi connectivity index (χ1n) is 9.55. The zero-order valence-electron chi connectivity index (χ0n) is 16.0. The van der Waals surface area contributed by atoms with Gasteiger partial charge in [-0.25, -0.2) is 19.6 Å². The molecule has 0 aliphatic carbocycles. The second-order valence-corrected chi connectivity index (χ2v) is 7.85. The lowest BCUT2D eigenvalue weighted by molar-refractivity contribution is 0.660. The number of aromatic nitrogens is 6. The van der Waals surface area contributed by atoms with Crippen molar-refractivity contribution in [1.82, 2.24) is 29.7 Å². The molecule has 6 rings (SSSR count). The summed E-state index contributed by atoms with van der Waals surface area (Å²) in [6.45, 7) is 0. The molecule has 4 heterocycles. The molecule has 0 aliphatic heterocycles. The van der Waals surface area contributed by atoms with Crippen LogP contribution in [-0.4, -0.2) is 29.7 Å². The molecule has 0 aliphatic rings. The van der Waals surface area contributed by atoms with Gasteiger partial charge < -0.3 is 9.40 Å². The Morgan fingerprint density at radius 3 is 2.74 bits per heavy atom. The van der Waals surface area contributed by atoms with E-state index in [0.29, 0.717) is 22.7 Å². The molecule has 8 nitrogen and oxygen atoms in total. The zero-order valence-corrected chi connectivity index (χ0v) is 16.8. The summed E-state index contributed by atoms with van der Waals surface area (Å²) >= 11 is 1.47. The maximum atomic E-state index is 12.5. The fourth-order valence-corrected chi connectivity index (χ4v) is 4.38. The predicted octanol–water partition coefficient (Wildman–Crippen LogP) is 4.09. The summed E-state index contributed by atoms with van der Waals surface area (Å²) < 4.78 is 7.44. The molecular weight excluding hydrogens is 412 g/mol. The van der Waals surface area contributed by atoms with Gasteiger partial charge in [-0.3, -0.25) is 4.79 Å². The molecule has 0 fully saturated rings. The Morgan fingerprint density at radius 2 is 1.84 bits per heavy atom. The number of hydrogen-bond acceptors (Lipinski definition) is 7. The summed E-state index contributed by atoms with van der Waals surface area (Å²) in [5.74, 6) is 0.990. The van der Waals surface area contributed by atoms with Crippen molar-refractivity contribution in [3.05, 3.63) is 83.3 Å². The maximum Gasteiger partial charge on any atom is 0.294 e. The van der Waals surface area contributed by atoms with Crippen molar-refractivity contribution in [2.45, 2.75) is 10.8 Å². The van der Waals surface area contributed by atoms with Crippen LogP contribution in [0.2, 0.25) is 0 Å². The molecule has 0 unspecified atom stereocenters. The highest BCUT2D eigenvalue weighted by Gasteiger charge is 2.15. The SMILES string of the molecule is O=c1[nH]c(CSc2ncnc3c2cnn3-c2ccccc2)nc2c1oc1ccccc12. The standard InChI is InChI=1S/C22H14N6O2S/c29-21-19-18(14-8-4-5-9-16(14)30-19)26-17(27-21)11-31-22-15-10-25-28(20(15)23-12-24-22)13-6-2-1-3-7-13/h1-10,12H,11H2,(H,26,27,29). The number of nitrogens with zero attached hydrogens (tertiary/aromatic N) is 5. The lowest BCUT2D eigenvalue weighted by Crippen LogP contribution is -2.10. The number of fused-ring (bicyclic) bond motifs is 4. The highest BCUT2D eigenvalue weighted by atomic mass is 32.2. The van der Waals surface area contributed by atoms with Crippen LogP contribution in [0.4, 0.5) is 0 Å². The third-order valence-electron chi connectivity index (χ3n) is 4.96. The van der Waals surface area contributed by atoms with Crippen LogP contribution in [0.3, 0.4) is 0 Å². The molecule has 6 aromatic rings. The minimum atomic E-state index is -0.290. The summed E-state index contributed by atoms with van der Waals surface area (Å²) in [7, 11) is 0. The van der Waals surface area contributed by atoms with Crippen molar-refractivity contribution in [3.8, 4) is 5.69 Å². The molecule has 4 aromatic heterocycles. The maximum absolute atomic E-state index is 12.5. The topological polar surface area (TPSA) is 102 Å². The smallest absolute Gasteiger partial charge is 0.294 e. The van der Waals surface area contributed by atoms with Gasteiger partial charge >= 0.3 is 0 Å². The van der Waals surface area contributed by atoms with Gasteiger partial charge in [-0.05, 0) is 24.3 Å². The molecule has 0 bridgehead atoms. The minimum absolute atomic E-state index is 0.239. The van der Waals surface area contributed by atoms with Gasteiger partial charge in [-0.1, -0.05) is 42.1 Å². The van der Waals surface area contributed by atoms with Gasteiger partial charge in [0.1, 0.15) is 28.3 Å². The quantitative estimate of drug-likeness (QED) is 0.334. The molecule has 0 spiro atoms. The molecule has 1 N–H and O–H groups in total. The van der Waals surface area contributed by atoms with E-state index in [9.17, 15) is 4.79 Å². The third kappa shape index (κ3) is 2.98. The molecule has 2 aromatic carbocycles. The van der Waals surface area contributed by atoms with Gasteiger partial charge in [0.2, 0.25) is 5.58 Å². The highest BCUT2D eigenvalue weighted by molar-refractivity contribution is 7.98. The van der Waals surface area contributed by atoms with E-state index in [4.69, 9.17) is 4.42 Å². The van der Waals surface area contributed by atoms with Crippen molar-refractivity contribution in [2.75, 3.05) is 0 Å². The molecule has 0 saturated heterocycles. The summed E-state index contributed by atoms with van der Waals surface area (Å²) in [6.07, 6.45) is 3.28. The fourth-order valence-electron chi connectivity index (χ4n) is 3.55. The summed E-state index contributed by atoms with van der Waals surface area (Å²) in [5.41, 5.74) is 2.81. The largest absolute Gasteiger partial charge is 0.449 e. The number of thioether (sulfide) groups is 1. The highest BCUT2D eigenvalue weighted by Crippen LogP contribution is 2.29. The van der Waals surface area contributed by atoms with Crippen LogP contribution in [0.25, 0.3) is 38.8 Å². The van der Waals surface area contributed by atoms with E-state index < -0.39 is 0 Å². The summed E-state index contributed by atoms with van der Waals surface area (Å²) in [5, 5.41) is 6.91. The fraction of sp³-hybridized carbons (Fsp3) is 0.0455. The lowest BCUT2D eigenvalue weighted by Gasteiger charge is -2.04. The number of hydrogen-bond donors (Lipinski definition) is 1. The predicted molar refractivity (Wildman–Crippen MR) is 118 cm³/mol. The Bertz CT molecular complexity index is 1620. The third-order valence-corrected chi connectivity index (χ3v) is 5.97. The van der Waals surface area contributed by atoms with E-state index in [-0.39, 0.29) is 11.1 Å². The van der Waals surface area contributed by atoms with Crippen molar-refractivity contribution in [2.24, 2.45) is 0 Å². The Balaban J connectivity index is 1.36. The van der Waals surface area contributed by atoms with Crippen LogP contribution < -0.4 is 5.56 Å². The van der Waals surface area contributed by atoms with Gasteiger partial charge in [-0.15, -0.1) is 0 Å². The Labute approximate surface area is 179 Å². The van der Waals surface area contributed by atoms with Crippen LogP contribution in [0.5, 0.6) is 0 Å². The van der Waals surface area contributed by atoms with Crippen molar-refractivity contribution < 1.29 is 4.42 Å². The van der Waals surface area contributed by atoms with Crippen LogP contribution >= 0.6 is 11.8 Å². The van der Waals surface area contributed by atoms with Crippen molar-refractivity contribution in [3.63, 3.8) is 0 Å². The van der Waals surface area contributed by atoms with E-state index in [1.54, 1.807) is 10.9 Å². The summed E-state index contributed by atoms with van der Waals surface area (Å²) in [4.78, 5) is 28.8. The molecule has 9 heteroatoms. The number of rotatable bonds is 4. The van der Waals surface area contributed by atoms with E-state index in [0.717, 1.165) is 27.1 Å². The molecular formula is C22H14N6O2S. The number of para-hydroxylation sites is 2. The molecule has 0 radical (unpaired) electrons. The minimum Gasteiger partial charge on any atom is -0.449 e. The van der Waals surface area contributed by atoms with E-state index >= 15 is 0 Å². The lowest BCUT2D eigenvalue weighted by atomic mass is 10.2. The van der Waals surface area contributed by atoms with E-state index in [1.165, 1.54) is 18.1 Å². The average Bonchev–Trinajstić information content (AvgIpc) is 3.41. The normalized spacial score (nSPS) is 11.6. The number of furan rings is 1. The first-order chi connectivity index (χ1) is 15.3. The van der Waals surface area contributed by atoms with Gasteiger partial charge in [0, 0.05) is 5.39 Å². The van der Waals surface area contributed by atoms with Gasteiger partial charge in [0.25, 0.3) is 5.56 Å². The van der Waals surface area contributed by atoms with Gasteiger partial charge in [0.15, 0.2) is 5.65 Å². The van der Waals surface area contributed by atoms with Gasteiger partial charge in [0.05, 0.1) is 23.0 Å².